The number of nitrogens with zero attached hydrogens (tertiary/aromatic N) is 1. The van der Waals surface area contributed by atoms with Crippen molar-refractivity contribution >= 4 is 0 Å². The minimum atomic E-state index is -1.75. The predicted molar refractivity (Wildman–Crippen MR) is 14.0 cm³/mol. The SMILES string of the molecule is O.O=[N+]([O-])[O-].[Nd+3]. The van der Waals surface area contributed by atoms with E-state index in [0.717, 1.165) is 0 Å². The van der Waals surface area contributed by atoms with E-state index < -0.39 is 5.09 Å². The molecule has 0 atom stereocenters. The van der Waals surface area contributed by atoms with Crippen molar-refractivity contribution in [1.29, 1.82) is 0 Å². The van der Waals surface area contributed by atoms with Crippen LogP contribution in [0.25, 0.3) is 0 Å². The van der Waals surface area contributed by atoms with Crippen molar-refractivity contribution in [2.24, 2.45) is 0 Å². The number of hydrogen-bond acceptors (Lipinski definition) is 3. The van der Waals surface area contributed by atoms with Crippen molar-refractivity contribution in [1.82, 2.24) is 0 Å². The van der Waals surface area contributed by atoms with Gasteiger partial charge >= 0.3 is 40.8 Å². The zero-order chi connectivity index (χ0) is 3.58. The van der Waals surface area contributed by atoms with E-state index in [9.17, 15) is 0 Å². The van der Waals surface area contributed by atoms with E-state index >= 15 is 0 Å². The maximum Gasteiger partial charge on any atom is 3.00 e. The van der Waals surface area contributed by atoms with Crippen molar-refractivity contribution in [2.45, 2.75) is 0 Å². The molecule has 0 fully saturated rings. The molecule has 0 aliphatic heterocycles. The second-order valence-corrected chi connectivity index (χ2v) is 0.224. The van der Waals surface area contributed by atoms with E-state index in [1.165, 1.54) is 0 Å². The molecule has 0 unspecified atom stereocenters. The van der Waals surface area contributed by atoms with Crippen molar-refractivity contribution in [3.63, 3.8) is 0 Å². The van der Waals surface area contributed by atoms with Gasteiger partial charge in [-0.3, -0.25) is 0 Å². The van der Waals surface area contributed by atoms with Crippen LogP contribution >= 0.6 is 0 Å². The summed E-state index contributed by atoms with van der Waals surface area (Å²) in [4.78, 5) is 8.25. The molecule has 0 bridgehead atoms. The van der Waals surface area contributed by atoms with E-state index in [4.69, 9.17) is 15.3 Å². The molecule has 0 aliphatic rings. The fraction of sp³-hybridized carbons (Fsp3) is 0. The van der Waals surface area contributed by atoms with Crippen LogP contribution in [0.4, 0.5) is 0 Å². The summed E-state index contributed by atoms with van der Waals surface area (Å²) < 4.78 is 0. The van der Waals surface area contributed by atoms with Gasteiger partial charge in [0.15, 0.2) is 0 Å². The summed E-state index contributed by atoms with van der Waals surface area (Å²) in [5.74, 6) is 0. The molecule has 0 heterocycles. The molecule has 2 N–H and O–H groups in total. The van der Waals surface area contributed by atoms with Crippen molar-refractivity contribution in [3.8, 4) is 0 Å². The first-order valence-electron chi connectivity index (χ1n) is 0.548. The van der Waals surface area contributed by atoms with E-state index in [-0.39, 0.29) is 46.3 Å². The first-order chi connectivity index (χ1) is 1.73. The second kappa shape index (κ2) is 9.10. The third kappa shape index (κ3) is 213. The average molecular weight is 224 g/mol. The van der Waals surface area contributed by atoms with Gasteiger partial charge in [0.05, 0.1) is 5.09 Å². The second-order valence-electron chi connectivity index (χ2n) is 0.224. The maximum absolute atomic E-state index is 8.25. The summed E-state index contributed by atoms with van der Waals surface area (Å²) in [6.07, 6.45) is 0. The Labute approximate surface area is 66.3 Å². The van der Waals surface area contributed by atoms with Crippen LogP contribution in [0.15, 0.2) is 0 Å². The van der Waals surface area contributed by atoms with Crippen molar-refractivity contribution < 1.29 is 51.4 Å². The summed E-state index contributed by atoms with van der Waals surface area (Å²) in [5.41, 5.74) is 0. The Bertz CT molecular complexity index is 30.5. The molecular weight excluding hydrogens is 222 g/mol. The van der Waals surface area contributed by atoms with Crippen LogP contribution in [0.5, 0.6) is 0 Å². The Morgan fingerprint density at radius 1 is 1.33 bits per heavy atom. The van der Waals surface area contributed by atoms with Gasteiger partial charge in [-0.05, 0) is 0 Å². The van der Waals surface area contributed by atoms with Gasteiger partial charge in [-0.2, -0.15) is 0 Å². The van der Waals surface area contributed by atoms with Crippen LogP contribution in [0, 0.1) is 56.2 Å². The molecule has 6 heavy (non-hydrogen) atoms. The molecule has 33 valence electrons. The minimum Gasteiger partial charge on any atom is -0.412 e. The average Bonchev–Trinajstić information content (AvgIpc) is 0.811. The van der Waals surface area contributed by atoms with Crippen LogP contribution in [-0.2, 0) is 0 Å². The molecule has 0 amide bonds. The predicted octanol–water partition coefficient (Wildman–Crippen LogP) is -1.06. The van der Waals surface area contributed by atoms with Gasteiger partial charge in [0.2, 0.25) is 0 Å². The standard InChI is InChI=1S/NO3.Nd.H2O/c2-1(3)4;;/h;;1H2/q-1;+3;. The van der Waals surface area contributed by atoms with Crippen molar-refractivity contribution in [2.75, 3.05) is 0 Å². The molecular formula is H2NNdO4+2. The fourth-order valence-electron chi connectivity index (χ4n) is 0. The zero-order valence-electron chi connectivity index (χ0n) is 2.67. The molecule has 6 heteroatoms. The molecule has 5 nitrogen and oxygen atoms in total. The van der Waals surface area contributed by atoms with E-state index in [0.29, 0.717) is 0 Å². The first-order valence-corrected chi connectivity index (χ1v) is 0.548. The molecule has 0 aromatic heterocycles. The Morgan fingerprint density at radius 2 is 1.33 bits per heavy atom. The van der Waals surface area contributed by atoms with Gasteiger partial charge in [0.25, 0.3) is 0 Å². The number of rotatable bonds is 0. The minimum absolute atomic E-state index is 0. The normalized spacial score (nSPS) is 4.00. The summed E-state index contributed by atoms with van der Waals surface area (Å²) >= 11 is 0. The Kier molecular flexibility index (Phi) is 24.3. The van der Waals surface area contributed by atoms with Gasteiger partial charge in [-0.25, -0.2) is 0 Å². The summed E-state index contributed by atoms with van der Waals surface area (Å²) in [6.45, 7) is 0. The van der Waals surface area contributed by atoms with Crippen molar-refractivity contribution in [3.05, 3.63) is 15.3 Å². The van der Waals surface area contributed by atoms with E-state index in [1.807, 2.05) is 0 Å². The summed E-state index contributed by atoms with van der Waals surface area (Å²) in [7, 11) is 0. The Balaban J connectivity index is -0.0000000450. The Morgan fingerprint density at radius 3 is 1.33 bits per heavy atom. The molecule has 0 aliphatic carbocycles. The first kappa shape index (κ1) is 16.0. The monoisotopic (exact) mass is 222 g/mol. The molecule has 0 aromatic carbocycles. The van der Waals surface area contributed by atoms with Gasteiger partial charge in [0, 0.05) is 0 Å². The molecule has 0 saturated carbocycles. The molecule has 0 spiro atoms. The van der Waals surface area contributed by atoms with E-state index in [1.54, 1.807) is 0 Å². The van der Waals surface area contributed by atoms with E-state index in [2.05, 4.69) is 0 Å². The van der Waals surface area contributed by atoms with Crippen LogP contribution < -0.4 is 0 Å². The van der Waals surface area contributed by atoms with Gasteiger partial charge in [-0.15, -0.1) is 0 Å². The largest absolute Gasteiger partial charge is 3.00 e. The maximum atomic E-state index is 8.25. The third-order valence-corrected chi connectivity index (χ3v) is 0. The summed E-state index contributed by atoms with van der Waals surface area (Å²) in [5, 5.41) is 14.8. The zero-order valence-corrected chi connectivity index (χ0v) is 5.88. The van der Waals surface area contributed by atoms with Crippen LogP contribution in [-0.4, -0.2) is 10.6 Å². The van der Waals surface area contributed by atoms with Crippen LogP contribution in [0.2, 0.25) is 0 Å². The topological polar surface area (TPSA) is 97.7 Å². The van der Waals surface area contributed by atoms with Crippen LogP contribution in [0.3, 0.4) is 0 Å². The third-order valence-electron chi connectivity index (χ3n) is 0. The quantitative estimate of drug-likeness (QED) is 0.387. The number of hydrogen-bond donors (Lipinski definition) is 0. The summed E-state index contributed by atoms with van der Waals surface area (Å²) in [6, 6.07) is 0. The molecule has 0 rings (SSSR count). The van der Waals surface area contributed by atoms with Gasteiger partial charge in [0.1, 0.15) is 0 Å². The van der Waals surface area contributed by atoms with Gasteiger partial charge in [-0.1, -0.05) is 0 Å². The van der Waals surface area contributed by atoms with Crippen LogP contribution in [0.1, 0.15) is 0 Å². The molecule has 1 radical (unpaired) electrons. The Hall–Kier alpha value is 0.511. The fourth-order valence-corrected chi connectivity index (χ4v) is 0. The molecule has 0 saturated heterocycles. The van der Waals surface area contributed by atoms with Gasteiger partial charge < -0.3 is 20.8 Å². The molecule has 0 aromatic rings. The smallest absolute Gasteiger partial charge is 0.412 e.